The van der Waals surface area contributed by atoms with Crippen LogP contribution in [0, 0.1) is 11.3 Å². The molecule has 0 bridgehead atoms. The molecule has 0 saturated heterocycles. The molecule has 0 spiro atoms. The number of fused-ring (bicyclic) bond motifs is 1. The zero-order chi connectivity index (χ0) is 22.6. The number of nitrogens with one attached hydrogen (secondary N) is 2. The van der Waals surface area contributed by atoms with Gasteiger partial charge in [0.1, 0.15) is 11.7 Å². The van der Waals surface area contributed by atoms with Gasteiger partial charge in [-0.3, -0.25) is 4.40 Å². The summed E-state index contributed by atoms with van der Waals surface area (Å²) in [5, 5.41) is 12.2. The summed E-state index contributed by atoms with van der Waals surface area (Å²) in [6.45, 7) is 0.482. The van der Waals surface area contributed by atoms with Crippen molar-refractivity contribution >= 4 is 27.3 Å². The highest BCUT2D eigenvalue weighted by Crippen LogP contribution is 2.22. The molecular weight excluding hydrogens is 430 g/mol. The summed E-state index contributed by atoms with van der Waals surface area (Å²) in [5.41, 5.74) is 3.17. The molecule has 0 aliphatic heterocycles. The quantitative estimate of drug-likeness (QED) is 0.392. The summed E-state index contributed by atoms with van der Waals surface area (Å²) in [7, 11) is -2.10. The molecule has 0 aliphatic carbocycles. The van der Waals surface area contributed by atoms with Crippen LogP contribution in [0.1, 0.15) is 5.56 Å². The molecule has 4 aromatic rings. The van der Waals surface area contributed by atoms with Crippen molar-refractivity contribution in [1.29, 1.82) is 5.26 Å². The van der Waals surface area contributed by atoms with Crippen molar-refractivity contribution in [3.05, 3.63) is 66.6 Å². The lowest BCUT2D eigenvalue weighted by molar-refractivity contribution is 0.204. The van der Waals surface area contributed by atoms with E-state index in [4.69, 9.17) is 10.00 Å². The van der Waals surface area contributed by atoms with Gasteiger partial charge in [0.05, 0.1) is 34.7 Å². The molecule has 11 heteroatoms. The first-order valence-corrected chi connectivity index (χ1v) is 11.0. The predicted molar refractivity (Wildman–Crippen MR) is 118 cm³/mol. The van der Waals surface area contributed by atoms with Gasteiger partial charge < -0.3 is 10.1 Å². The Morgan fingerprint density at radius 1 is 1.12 bits per heavy atom. The van der Waals surface area contributed by atoms with E-state index in [0.717, 1.165) is 0 Å². The highest BCUT2D eigenvalue weighted by molar-refractivity contribution is 7.89. The van der Waals surface area contributed by atoms with E-state index in [-0.39, 0.29) is 18.0 Å². The Kier molecular flexibility index (Phi) is 6.09. The zero-order valence-electron chi connectivity index (χ0n) is 17.1. The highest BCUT2D eigenvalue weighted by atomic mass is 32.2. The lowest BCUT2D eigenvalue weighted by Crippen LogP contribution is -2.27. The van der Waals surface area contributed by atoms with Crippen molar-refractivity contribution in [3.8, 4) is 17.5 Å². The van der Waals surface area contributed by atoms with Crippen molar-refractivity contribution in [3.63, 3.8) is 0 Å². The number of aromatic nitrogens is 4. The maximum absolute atomic E-state index is 12.3. The van der Waals surface area contributed by atoms with Crippen LogP contribution in [0.25, 0.3) is 17.0 Å². The molecule has 0 amide bonds. The van der Waals surface area contributed by atoms with E-state index in [1.807, 2.05) is 0 Å². The maximum Gasteiger partial charge on any atom is 0.240 e. The van der Waals surface area contributed by atoms with Gasteiger partial charge in [0.15, 0.2) is 0 Å². The Balaban J connectivity index is 1.55. The molecule has 0 fully saturated rings. The third-order valence-electron chi connectivity index (χ3n) is 4.57. The van der Waals surface area contributed by atoms with E-state index >= 15 is 0 Å². The fraction of sp³-hybridized carbons (Fsp3) is 0.143. The van der Waals surface area contributed by atoms with E-state index in [2.05, 4.69) is 31.1 Å². The molecule has 10 nitrogen and oxygen atoms in total. The number of hydrogen-bond donors (Lipinski definition) is 2. The van der Waals surface area contributed by atoms with Gasteiger partial charge in [0.25, 0.3) is 0 Å². The molecule has 1 aromatic carbocycles. The Morgan fingerprint density at radius 2 is 1.94 bits per heavy atom. The molecule has 0 saturated carbocycles. The van der Waals surface area contributed by atoms with Crippen LogP contribution < -0.4 is 10.0 Å². The number of benzene rings is 1. The zero-order valence-corrected chi connectivity index (χ0v) is 17.9. The summed E-state index contributed by atoms with van der Waals surface area (Å²) in [6.07, 6.45) is 4.99. The Hall–Kier alpha value is -3.85. The smallest absolute Gasteiger partial charge is 0.240 e. The number of anilines is 2. The minimum Gasteiger partial charge on any atom is -0.383 e. The number of nitriles is 1. The van der Waals surface area contributed by atoms with Crippen LogP contribution in [-0.4, -0.2) is 48.0 Å². The fourth-order valence-electron chi connectivity index (χ4n) is 3.01. The first-order valence-electron chi connectivity index (χ1n) is 9.56. The fourth-order valence-corrected chi connectivity index (χ4v) is 4.02. The van der Waals surface area contributed by atoms with Crippen molar-refractivity contribution < 1.29 is 13.2 Å². The van der Waals surface area contributed by atoms with Gasteiger partial charge in [-0.05, 0) is 42.5 Å². The van der Waals surface area contributed by atoms with Gasteiger partial charge in [0.2, 0.25) is 16.0 Å². The molecule has 3 aromatic heterocycles. The second-order valence-electron chi connectivity index (χ2n) is 6.71. The number of imidazole rings is 1. The van der Waals surface area contributed by atoms with Crippen LogP contribution in [0.2, 0.25) is 0 Å². The highest BCUT2D eigenvalue weighted by Gasteiger charge is 2.13. The molecule has 0 aliphatic rings. The molecule has 162 valence electrons. The van der Waals surface area contributed by atoms with Crippen molar-refractivity contribution in [2.24, 2.45) is 0 Å². The number of pyridine rings is 1. The largest absolute Gasteiger partial charge is 0.383 e. The van der Waals surface area contributed by atoms with E-state index in [1.165, 1.54) is 19.2 Å². The van der Waals surface area contributed by atoms with Gasteiger partial charge in [-0.25, -0.2) is 28.1 Å². The summed E-state index contributed by atoms with van der Waals surface area (Å²) >= 11 is 0. The first-order chi connectivity index (χ1) is 15.5. The number of methoxy groups -OCH3 is 1. The molecule has 4 rings (SSSR count). The van der Waals surface area contributed by atoms with Crippen LogP contribution in [0.15, 0.2) is 66.0 Å². The van der Waals surface area contributed by atoms with Crippen molar-refractivity contribution in [1.82, 2.24) is 24.1 Å². The van der Waals surface area contributed by atoms with Gasteiger partial charge in [-0.2, -0.15) is 5.26 Å². The average molecular weight is 449 g/mol. The maximum atomic E-state index is 12.3. The van der Waals surface area contributed by atoms with E-state index < -0.39 is 10.0 Å². The second kappa shape index (κ2) is 9.11. The van der Waals surface area contributed by atoms with Crippen LogP contribution in [0.4, 0.5) is 11.6 Å². The van der Waals surface area contributed by atoms with Crippen molar-refractivity contribution in [2.75, 3.05) is 25.6 Å². The van der Waals surface area contributed by atoms with Gasteiger partial charge in [-0.1, -0.05) is 0 Å². The topological polar surface area (TPSA) is 134 Å². The van der Waals surface area contributed by atoms with E-state index in [0.29, 0.717) is 34.2 Å². The van der Waals surface area contributed by atoms with E-state index in [1.54, 1.807) is 53.3 Å². The molecule has 2 N–H and O–H groups in total. The summed E-state index contributed by atoms with van der Waals surface area (Å²) in [5.74, 6) is 0.336. The second-order valence-corrected chi connectivity index (χ2v) is 8.47. The number of ether oxygens (including phenoxy) is 1. The first kappa shape index (κ1) is 21.4. The number of rotatable bonds is 8. The molecule has 3 heterocycles. The van der Waals surface area contributed by atoms with E-state index in [9.17, 15) is 8.42 Å². The Labute approximate surface area is 184 Å². The lowest BCUT2D eigenvalue weighted by atomic mass is 10.3. The standard InChI is InChI=1S/C21H19N7O3S/c1-31-11-10-25-32(29,30)17-5-3-16(4-6-17)26-21-23-9-8-18(27-21)19-13-24-20-7-2-15(12-22)14-28(19)20/h2-9,13-14,25H,10-11H2,1H3,(H,23,26,27). The molecule has 0 radical (unpaired) electrons. The van der Waals surface area contributed by atoms with Crippen molar-refractivity contribution in [2.45, 2.75) is 4.90 Å². The van der Waals surface area contributed by atoms with Gasteiger partial charge >= 0.3 is 0 Å². The summed E-state index contributed by atoms with van der Waals surface area (Å²) in [6, 6.07) is 13.6. The number of hydrogen-bond acceptors (Lipinski definition) is 8. The molecule has 0 unspecified atom stereocenters. The third kappa shape index (κ3) is 4.57. The SMILES string of the molecule is COCCNS(=O)(=O)c1ccc(Nc2nccc(-c3cnc4ccc(C#N)cn34)n2)cc1. The summed E-state index contributed by atoms with van der Waals surface area (Å²) in [4.78, 5) is 13.2. The van der Waals surface area contributed by atoms with Crippen LogP contribution >= 0.6 is 0 Å². The molecule has 0 atom stereocenters. The number of sulfonamides is 1. The van der Waals surface area contributed by atoms with Crippen LogP contribution in [0.3, 0.4) is 0 Å². The monoisotopic (exact) mass is 449 g/mol. The van der Waals surface area contributed by atoms with Crippen LogP contribution in [-0.2, 0) is 14.8 Å². The number of nitrogens with zero attached hydrogens (tertiary/aromatic N) is 5. The third-order valence-corrected chi connectivity index (χ3v) is 6.05. The van der Waals surface area contributed by atoms with Gasteiger partial charge in [-0.15, -0.1) is 0 Å². The predicted octanol–water partition coefficient (Wildman–Crippen LogP) is 2.33. The summed E-state index contributed by atoms with van der Waals surface area (Å²) < 4.78 is 33.6. The minimum absolute atomic E-state index is 0.146. The van der Waals surface area contributed by atoms with Crippen LogP contribution in [0.5, 0.6) is 0 Å². The molecule has 32 heavy (non-hydrogen) atoms. The lowest BCUT2D eigenvalue weighted by Gasteiger charge is -2.09. The Bertz CT molecular complexity index is 1390. The Morgan fingerprint density at radius 3 is 2.69 bits per heavy atom. The minimum atomic E-state index is -3.61. The average Bonchev–Trinajstić information content (AvgIpc) is 3.23. The van der Waals surface area contributed by atoms with Gasteiger partial charge in [0, 0.05) is 31.7 Å². The molecular formula is C21H19N7O3S. The normalized spacial score (nSPS) is 11.4.